The van der Waals surface area contributed by atoms with Crippen LogP contribution < -0.4 is 10.2 Å². The molecule has 3 rings (SSSR count). The van der Waals surface area contributed by atoms with Gasteiger partial charge in [-0.05, 0) is 31.4 Å². The predicted octanol–water partition coefficient (Wildman–Crippen LogP) is 2.42. The summed E-state index contributed by atoms with van der Waals surface area (Å²) in [6.07, 6.45) is 3.39. The van der Waals surface area contributed by atoms with Gasteiger partial charge in [0.05, 0.1) is 10.7 Å². The summed E-state index contributed by atoms with van der Waals surface area (Å²) in [6, 6.07) is 5.51. The van der Waals surface area contributed by atoms with Gasteiger partial charge in [0, 0.05) is 0 Å². The number of piperazine rings is 1. The molecular formula is C15H17ClN2O2. The smallest absolute Gasteiger partial charge is 0.253 e. The molecule has 0 unspecified atom stereocenters. The first-order valence-electron chi connectivity index (χ1n) is 6.92. The van der Waals surface area contributed by atoms with Gasteiger partial charge in [-0.25, -0.2) is 0 Å². The van der Waals surface area contributed by atoms with Crippen LogP contribution in [-0.4, -0.2) is 23.9 Å². The van der Waals surface area contributed by atoms with Crippen molar-refractivity contribution < 1.29 is 9.59 Å². The molecule has 0 atom stereocenters. The normalized spacial score (nSPS) is 21.4. The monoisotopic (exact) mass is 292 g/mol. The average molecular weight is 293 g/mol. The Labute approximate surface area is 123 Å². The molecule has 20 heavy (non-hydrogen) atoms. The number of amides is 2. The third-order valence-electron chi connectivity index (χ3n) is 4.25. The molecule has 0 bridgehead atoms. The lowest BCUT2D eigenvalue weighted by Crippen LogP contribution is -2.65. The summed E-state index contributed by atoms with van der Waals surface area (Å²) in [6.45, 7) is 1.95. The minimum absolute atomic E-state index is 0.0224. The van der Waals surface area contributed by atoms with E-state index in [-0.39, 0.29) is 18.4 Å². The second-order valence-electron chi connectivity index (χ2n) is 5.63. The fourth-order valence-electron chi connectivity index (χ4n) is 3.30. The summed E-state index contributed by atoms with van der Waals surface area (Å²) >= 11 is 6.25. The lowest BCUT2D eigenvalue weighted by molar-refractivity contribution is -0.135. The molecule has 1 aliphatic heterocycles. The Hall–Kier alpha value is -1.55. The number of aryl methyl sites for hydroxylation is 1. The van der Waals surface area contributed by atoms with E-state index in [2.05, 4.69) is 5.32 Å². The molecule has 1 saturated carbocycles. The molecule has 0 aromatic heterocycles. The number of anilines is 1. The summed E-state index contributed by atoms with van der Waals surface area (Å²) in [5, 5.41) is 3.42. The van der Waals surface area contributed by atoms with E-state index < -0.39 is 5.54 Å². The quantitative estimate of drug-likeness (QED) is 0.864. The van der Waals surface area contributed by atoms with Crippen molar-refractivity contribution in [1.29, 1.82) is 0 Å². The van der Waals surface area contributed by atoms with Crippen LogP contribution in [0.15, 0.2) is 18.2 Å². The van der Waals surface area contributed by atoms with Gasteiger partial charge >= 0.3 is 0 Å². The van der Waals surface area contributed by atoms with Crippen LogP contribution in [0.2, 0.25) is 5.02 Å². The predicted molar refractivity (Wildman–Crippen MR) is 77.9 cm³/mol. The van der Waals surface area contributed by atoms with Gasteiger partial charge < -0.3 is 5.32 Å². The van der Waals surface area contributed by atoms with Crippen LogP contribution in [0.5, 0.6) is 0 Å². The number of carbonyl (C=O) groups excluding carboxylic acids is 2. The lowest BCUT2D eigenvalue weighted by atomic mass is 9.92. The van der Waals surface area contributed by atoms with Gasteiger partial charge in [0.1, 0.15) is 12.1 Å². The minimum atomic E-state index is -0.707. The molecule has 1 saturated heterocycles. The van der Waals surface area contributed by atoms with Gasteiger partial charge in [0.25, 0.3) is 5.91 Å². The summed E-state index contributed by atoms with van der Waals surface area (Å²) in [5.74, 6) is -0.128. The SMILES string of the molecule is Cc1cccc(Cl)c1N1CC(=O)NC2(CCCC2)C1=O. The van der Waals surface area contributed by atoms with E-state index in [0.717, 1.165) is 31.2 Å². The molecule has 0 radical (unpaired) electrons. The molecule has 1 aromatic rings. The molecule has 1 N–H and O–H groups in total. The Morgan fingerprint density at radius 3 is 2.60 bits per heavy atom. The fraction of sp³-hybridized carbons (Fsp3) is 0.467. The number of halogens is 1. The fourth-order valence-corrected chi connectivity index (χ4v) is 3.62. The molecule has 4 nitrogen and oxygen atoms in total. The van der Waals surface area contributed by atoms with E-state index in [0.29, 0.717) is 10.7 Å². The van der Waals surface area contributed by atoms with Crippen LogP contribution in [0.25, 0.3) is 0 Å². The first-order valence-corrected chi connectivity index (χ1v) is 7.29. The van der Waals surface area contributed by atoms with E-state index in [1.807, 2.05) is 19.1 Å². The lowest BCUT2D eigenvalue weighted by Gasteiger charge is -2.40. The Kier molecular flexibility index (Phi) is 3.21. The highest BCUT2D eigenvalue weighted by molar-refractivity contribution is 6.34. The molecule has 1 aromatic carbocycles. The van der Waals surface area contributed by atoms with E-state index in [1.165, 1.54) is 0 Å². The summed E-state index contributed by atoms with van der Waals surface area (Å²) < 4.78 is 0. The van der Waals surface area contributed by atoms with Crippen LogP contribution in [0.1, 0.15) is 31.2 Å². The van der Waals surface area contributed by atoms with Crippen LogP contribution >= 0.6 is 11.6 Å². The van der Waals surface area contributed by atoms with Gasteiger partial charge in [-0.2, -0.15) is 0 Å². The zero-order valence-electron chi connectivity index (χ0n) is 11.4. The van der Waals surface area contributed by atoms with Crippen LogP contribution in [0.3, 0.4) is 0 Å². The van der Waals surface area contributed by atoms with Crippen molar-refractivity contribution in [3.8, 4) is 0 Å². The first kappa shape index (κ1) is 13.4. The molecule has 1 aliphatic carbocycles. The van der Waals surface area contributed by atoms with Crippen molar-refractivity contribution in [2.45, 2.75) is 38.1 Å². The molecule has 1 spiro atoms. The molecule has 2 amide bonds. The molecular weight excluding hydrogens is 276 g/mol. The molecule has 2 aliphatic rings. The number of carbonyl (C=O) groups is 2. The highest BCUT2D eigenvalue weighted by Crippen LogP contribution is 2.38. The largest absolute Gasteiger partial charge is 0.340 e. The highest BCUT2D eigenvalue weighted by atomic mass is 35.5. The number of hydrogen-bond acceptors (Lipinski definition) is 2. The molecule has 1 heterocycles. The number of hydrogen-bond donors (Lipinski definition) is 1. The Bertz CT molecular complexity index is 559. The standard InChI is InChI=1S/C15H17ClN2O2/c1-10-5-4-6-11(16)13(10)18-9-12(19)17-15(14(18)20)7-2-3-8-15/h4-6H,2-3,7-9H2,1H3,(H,17,19). The van der Waals surface area contributed by atoms with Crippen molar-refractivity contribution in [1.82, 2.24) is 5.32 Å². The topological polar surface area (TPSA) is 49.4 Å². The summed E-state index contributed by atoms with van der Waals surface area (Å²) in [5.41, 5.74) is 0.870. The maximum absolute atomic E-state index is 12.9. The maximum atomic E-state index is 12.9. The van der Waals surface area contributed by atoms with E-state index >= 15 is 0 Å². The number of rotatable bonds is 1. The second kappa shape index (κ2) is 4.77. The Morgan fingerprint density at radius 2 is 1.95 bits per heavy atom. The minimum Gasteiger partial charge on any atom is -0.340 e. The maximum Gasteiger partial charge on any atom is 0.253 e. The van der Waals surface area contributed by atoms with Crippen molar-refractivity contribution >= 4 is 29.1 Å². The van der Waals surface area contributed by atoms with E-state index in [9.17, 15) is 9.59 Å². The average Bonchev–Trinajstić information content (AvgIpc) is 2.84. The Morgan fingerprint density at radius 1 is 1.25 bits per heavy atom. The van der Waals surface area contributed by atoms with Crippen LogP contribution in [0, 0.1) is 6.92 Å². The zero-order valence-corrected chi connectivity index (χ0v) is 12.2. The zero-order chi connectivity index (χ0) is 14.3. The first-order chi connectivity index (χ1) is 9.53. The molecule has 2 fully saturated rings. The third-order valence-corrected chi connectivity index (χ3v) is 4.56. The third kappa shape index (κ3) is 1.99. The highest BCUT2D eigenvalue weighted by Gasteiger charge is 2.49. The van der Waals surface area contributed by atoms with Crippen molar-refractivity contribution in [3.05, 3.63) is 28.8 Å². The van der Waals surface area contributed by atoms with Gasteiger partial charge in [-0.15, -0.1) is 0 Å². The summed E-state index contributed by atoms with van der Waals surface area (Å²) in [4.78, 5) is 26.4. The van der Waals surface area contributed by atoms with Crippen molar-refractivity contribution in [2.75, 3.05) is 11.4 Å². The number of benzene rings is 1. The number of nitrogens with zero attached hydrogens (tertiary/aromatic N) is 1. The number of nitrogens with one attached hydrogen (secondary N) is 1. The number of para-hydroxylation sites is 1. The van der Waals surface area contributed by atoms with Gasteiger partial charge in [-0.3, -0.25) is 14.5 Å². The van der Waals surface area contributed by atoms with E-state index in [4.69, 9.17) is 11.6 Å². The van der Waals surface area contributed by atoms with Crippen molar-refractivity contribution in [2.24, 2.45) is 0 Å². The van der Waals surface area contributed by atoms with Crippen LogP contribution in [-0.2, 0) is 9.59 Å². The van der Waals surface area contributed by atoms with Crippen LogP contribution in [0.4, 0.5) is 5.69 Å². The molecule has 106 valence electrons. The second-order valence-corrected chi connectivity index (χ2v) is 6.04. The Balaban J connectivity index is 2.04. The van der Waals surface area contributed by atoms with Crippen molar-refractivity contribution in [3.63, 3.8) is 0 Å². The van der Waals surface area contributed by atoms with Gasteiger partial charge in [0.15, 0.2) is 0 Å². The summed E-state index contributed by atoms with van der Waals surface area (Å²) in [7, 11) is 0. The van der Waals surface area contributed by atoms with Gasteiger partial charge in [-0.1, -0.05) is 36.6 Å². The van der Waals surface area contributed by atoms with Gasteiger partial charge in [0.2, 0.25) is 5.91 Å². The van der Waals surface area contributed by atoms with E-state index in [1.54, 1.807) is 11.0 Å². The molecule has 5 heteroatoms.